The molecule has 0 aliphatic heterocycles. The molecule has 0 fully saturated rings. The van der Waals surface area contributed by atoms with Crippen molar-refractivity contribution >= 4 is 11.8 Å². The molecule has 0 atom stereocenters. The summed E-state index contributed by atoms with van der Waals surface area (Å²) in [5.74, 6) is 5.81. The number of amides is 1. The lowest BCUT2D eigenvalue weighted by atomic mass is 9.98. The van der Waals surface area contributed by atoms with E-state index >= 15 is 0 Å². The summed E-state index contributed by atoms with van der Waals surface area (Å²) < 4.78 is 5.47. The predicted molar refractivity (Wildman–Crippen MR) is 115 cm³/mol. The van der Waals surface area contributed by atoms with Crippen LogP contribution < -0.4 is 5.32 Å². The highest BCUT2D eigenvalue weighted by molar-refractivity contribution is 5.79. The number of ether oxygens (including phenoxy) is 1. The van der Waals surface area contributed by atoms with E-state index in [0.29, 0.717) is 11.3 Å². The Hall–Kier alpha value is -4.20. The molecular weight excluding hydrogens is 376 g/mol. The number of hydrogen-bond acceptors (Lipinski definition) is 3. The summed E-state index contributed by atoms with van der Waals surface area (Å²) in [6.45, 7) is 0.421. The van der Waals surface area contributed by atoms with Gasteiger partial charge in [0.1, 0.15) is 6.61 Å². The number of rotatable bonds is 4. The number of nitrogens with one attached hydrogen (secondary N) is 1. The second-order valence-corrected chi connectivity index (χ2v) is 6.72. The summed E-state index contributed by atoms with van der Waals surface area (Å²) in [5.41, 5.74) is 14.4. The molecule has 0 bridgehead atoms. The summed E-state index contributed by atoms with van der Waals surface area (Å²) in [5, 5.41) is 6.19. The molecule has 1 aliphatic rings. The van der Waals surface area contributed by atoms with Gasteiger partial charge >= 0.3 is 6.09 Å². The van der Waals surface area contributed by atoms with Crippen molar-refractivity contribution in [2.45, 2.75) is 5.92 Å². The van der Waals surface area contributed by atoms with Gasteiger partial charge in [0, 0.05) is 22.1 Å². The van der Waals surface area contributed by atoms with Gasteiger partial charge in [-0.1, -0.05) is 77.6 Å². The molecular formula is C24H18N4O2. The van der Waals surface area contributed by atoms with Crippen LogP contribution in [0.4, 0.5) is 10.5 Å². The van der Waals surface area contributed by atoms with Crippen molar-refractivity contribution in [2.24, 2.45) is 5.11 Å². The Kier molecular flexibility index (Phi) is 5.66. The third-order valence-electron chi connectivity index (χ3n) is 4.90. The quantitative estimate of drug-likeness (QED) is 0.273. The molecule has 0 unspecified atom stereocenters. The highest BCUT2D eigenvalue weighted by Gasteiger charge is 2.28. The molecule has 6 heteroatoms. The van der Waals surface area contributed by atoms with Crippen molar-refractivity contribution in [3.63, 3.8) is 0 Å². The minimum Gasteiger partial charge on any atom is -0.449 e. The smallest absolute Gasteiger partial charge is 0.407 e. The minimum atomic E-state index is -0.506. The molecule has 3 aromatic rings. The normalized spacial score (nSPS) is 11.3. The Morgan fingerprint density at radius 3 is 2.43 bits per heavy atom. The van der Waals surface area contributed by atoms with Gasteiger partial charge in [-0.2, -0.15) is 0 Å². The van der Waals surface area contributed by atoms with E-state index in [-0.39, 0.29) is 19.1 Å². The van der Waals surface area contributed by atoms with Crippen LogP contribution in [0.1, 0.15) is 22.6 Å². The fraction of sp³-hybridized carbons (Fsp3) is 0.125. The van der Waals surface area contributed by atoms with Gasteiger partial charge in [0.05, 0.1) is 6.54 Å². The highest BCUT2D eigenvalue weighted by atomic mass is 16.5. The Labute approximate surface area is 174 Å². The van der Waals surface area contributed by atoms with Gasteiger partial charge in [0.2, 0.25) is 0 Å². The SMILES string of the molecule is [N-]=[N+]=Nc1cccc(C#CCNC(=O)OCC2c3ccccc3-c3ccccc32)c1. The molecule has 0 saturated carbocycles. The topological polar surface area (TPSA) is 87.1 Å². The van der Waals surface area contributed by atoms with E-state index < -0.39 is 6.09 Å². The first-order chi connectivity index (χ1) is 14.8. The van der Waals surface area contributed by atoms with Crippen LogP contribution in [-0.4, -0.2) is 19.2 Å². The summed E-state index contributed by atoms with van der Waals surface area (Å²) in [4.78, 5) is 14.9. The third-order valence-corrected chi connectivity index (χ3v) is 4.90. The van der Waals surface area contributed by atoms with Crippen molar-refractivity contribution in [2.75, 3.05) is 13.2 Å². The second kappa shape index (κ2) is 8.87. The summed E-state index contributed by atoms with van der Waals surface area (Å²) in [6.07, 6.45) is -0.506. The van der Waals surface area contributed by atoms with Crippen LogP contribution in [0.15, 0.2) is 77.9 Å². The molecule has 6 nitrogen and oxygen atoms in total. The maximum atomic E-state index is 12.1. The van der Waals surface area contributed by atoms with Gasteiger partial charge in [-0.25, -0.2) is 4.79 Å². The zero-order valence-corrected chi connectivity index (χ0v) is 16.1. The molecule has 146 valence electrons. The van der Waals surface area contributed by atoms with Gasteiger partial charge in [-0.15, -0.1) is 0 Å². The molecule has 4 rings (SSSR count). The Balaban J connectivity index is 1.34. The van der Waals surface area contributed by atoms with Gasteiger partial charge in [0.25, 0.3) is 0 Å². The van der Waals surface area contributed by atoms with Crippen molar-refractivity contribution in [1.29, 1.82) is 0 Å². The van der Waals surface area contributed by atoms with E-state index in [0.717, 1.165) is 0 Å². The summed E-state index contributed by atoms with van der Waals surface area (Å²) >= 11 is 0. The molecule has 0 saturated heterocycles. The number of fused-ring (bicyclic) bond motifs is 3. The van der Waals surface area contributed by atoms with Crippen LogP contribution in [-0.2, 0) is 4.74 Å². The van der Waals surface area contributed by atoms with Crippen LogP contribution in [0.5, 0.6) is 0 Å². The van der Waals surface area contributed by atoms with Crippen molar-refractivity contribution in [3.8, 4) is 23.0 Å². The fourth-order valence-electron chi connectivity index (χ4n) is 3.61. The largest absolute Gasteiger partial charge is 0.449 e. The fourth-order valence-corrected chi connectivity index (χ4v) is 3.61. The number of benzene rings is 3. The second-order valence-electron chi connectivity index (χ2n) is 6.72. The molecule has 1 aliphatic carbocycles. The predicted octanol–water partition coefficient (Wildman–Crippen LogP) is 5.52. The van der Waals surface area contributed by atoms with Crippen LogP contribution in [0, 0.1) is 11.8 Å². The lowest BCUT2D eigenvalue weighted by molar-refractivity contribution is 0.144. The Morgan fingerprint density at radius 1 is 1.03 bits per heavy atom. The molecule has 0 aromatic heterocycles. The first kappa shape index (κ1) is 19.1. The number of carbonyl (C=O) groups excluding carboxylic acids is 1. The lowest BCUT2D eigenvalue weighted by Gasteiger charge is -2.14. The van der Waals surface area contributed by atoms with E-state index in [1.165, 1.54) is 22.3 Å². The molecule has 1 amide bonds. The number of hydrogen-bond donors (Lipinski definition) is 1. The van der Waals surface area contributed by atoms with Crippen LogP contribution in [0.3, 0.4) is 0 Å². The monoisotopic (exact) mass is 394 g/mol. The highest BCUT2D eigenvalue weighted by Crippen LogP contribution is 2.44. The Bertz CT molecular complexity index is 1160. The third kappa shape index (κ3) is 4.12. The lowest BCUT2D eigenvalue weighted by Crippen LogP contribution is -2.26. The van der Waals surface area contributed by atoms with Crippen LogP contribution >= 0.6 is 0 Å². The van der Waals surface area contributed by atoms with Gasteiger partial charge in [-0.3, -0.25) is 0 Å². The average molecular weight is 394 g/mol. The number of azide groups is 1. The summed E-state index contributed by atoms with van der Waals surface area (Å²) in [6, 6.07) is 23.3. The van der Waals surface area contributed by atoms with Crippen LogP contribution in [0.2, 0.25) is 0 Å². The molecule has 1 N–H and O–H groups in total. The molecule has 0 spiro atoms. The summed E-state index contributed by atoms with van der Waals surface area (Å²) in [7, 11) is 0. The van der Waals surface area contributed by atoms with Crippen molar-refractivity contribution in [3.05, 3.63) is 99.9 Å². The van der Waals surface area contributed by atoms with Crippen LogP contribution in [0.25, 0.3) is 21.6 Å². The minimum absolute atomic E-state index is 0.0256. The Morgan fingerprint density at radius 2 is 1.73 bits per heavy atom. The first-order valence-corrected chi connectivity index (χ1v) is 9.49. The molecule has 3 aromatic carbocycles. The van der Waals surface area contributed by atoms with Crippen molar-refractivity contribution < 1.29 is 9.53 Å². The zero-order valence-electron chi connectivity index (χ0n) is 16.1. The zero-order chi connectivity index (χ0) is 20.8. The molecule has 0 radical (unpaired) electrons. The number of carbonyl (C=O) groups is 1. The maximum absolute atomic E-state index is 12.1. The molecule has 30 heavy (non-hydrogen) atoms. The van der Waals surface area contributed by atoms with E-state index in [1.54, 1.807) is 24.3 Å². The van der Waals surface area contributed by atoms with Gasteiger partial charge in [0.15, 0.2) is 0 Å². The van der Waals surface area contributed by atoms with Crippen molar-refractivity contribution in [1.82, 2.24) is 5.32 Å². The first-order valence-electron chi connectivity index (χ1n) is 9.49. The van der Waals surface area contributed by atoms with E-state index in [4.69, 9.17) is 10.3 Å². The van der Waals surface area contributed by atoms with E-state index in [2.05, 4.69) is 51.4 Å². The van der Waals surface area contributed by atoms with Gasteiger partial charge < -0.3 is 10.1 Å². The van der Waals surface area contributed by atoms with Gasteiger partial charge in [-0.05, 0) is 39.9 Å². The average Bonchev–Trinajstić information content (AvgIpc) is 3.10. The standard InChI is InChI=1S/C24H18N4O2/c25-28-27-18-9-5-7-17(15-18)8-6-14-26-24(29)30-16-23-21-12-3-1-10-19(21)20-11-2-4-13-22(20)23/h1-5,7,9-13,15,23H,14,16H2,(H,26,29). The molecule has 0 heterocycles. The maximum Gasteiger partial charge on any atom is 0.407 e. The van der Waals surface area contributed by atoms with E-state index in [1.807, 2.05) is 24.3 Å². The van der Waals surface area contributed by atoms with E-state index in [9.17, 15) is 4.79 Å². The number of nitrogens with zero attached hydrogens (tertiary/aromatic N) is 3. The number of alkyl carbamates (subject to hydrolysis) is 1.